The highest BCUT2D eigenvalue weighted by atomic mass is 35.5. The molecule has 24 heavy (non-hydrogen) atoms. The van der Waals surface area contributed by atoms with Gasteiger partial charge in [0, 0.05) is 33.9 Å². The summed E-state index contributed by atoms with van der Waals surface area (Å²) < 4.78 is 0. The minimum absolute atomic E-state index is 0.110. The number of aromatic nitrogens is 1. The number of urea groups is 1. The van der Waals surface area contributed by atoms with Crippen LogP contribution >= 0.6 is 11.6 Å². The van der Waals surface area contributed by atoms with Crippen molar-refractivity contribution in [2.45, 2.75) is 13.0 Å². The predicted octanol–water partition coefficient (Wildman–Crippen LogP) is 3.98. The van der Waals surface area contributed by atoms with Gasteiger partial charge in [-0.25, -0.2) is 4.79 Å². The van der Waals surface area contributed by atoms with Crippen molar-refractivity contribution >= 4 is 34.2 Å². The molecule has 2 amide bonds. The molecule has 5 nitrogen and oxygen atoms in total. The van der Waals surface area contributed by atoms with E-state index in [1.54, 1.807) is 24.3 Å². The lowest BCUT2D eigenvalue weighted by Gasteiger charge is -2.13. The molecule has 0 aliphatic carbocycles. The Balaban J connectivity index is 1.57. The second-order valence-corrected chi connectivity index (χ2v) is 6.09. The molecule has 3 aromatic rings. The van der Waals surface area contributed by atoms with Gasteiger partial charge in [0.05, 0.1) is 6.10 Å². The van der Waals surface area contributed by atoms with Crippen molar-refractivity contribution in [1.29, 1.82) is 0 Å². The van der Waals surface area contributed by atoms with Crippen LogP contribution in [0.25, 0.3) is 10.9 Å². The lowest BCUT2D eigenvalue weighted by atomic mass is 10.1. The smallest absolute Gasteiger partial charge is 0.319 e. The zero-order valence-corrected chi connectivity index (χ0v) is 13.9. The van der Waals surface area contributed by atoms with Crippen molar-refractivity contribution < 1.29 is 9.90 Å². The topological polar surface area (TPSA) is 77.2 Å². The summed E-state index contributed by atoms with van der Waals surface area (Å²) in [6.07, 6.45) is -0.789. The Bertz CT molecular complexity index is 858. The fourth-order valence-corrected chi connectivity index (χ4v) is 2.65. The van der Waals surface area contributed by atoms with Gasteiger partial charge in [0.1, 0.15) is 0 Å². The number of aromatic amines is 1. The Labute approximate surface area is 144 Å². The summed E-state index contributed by atoms with van der Waals surface area (Å²) in [6, 6.07) is 14.2. The fourth-order valence-electron chi connectivity index (χ4n) is 2.52. The molecule has 1 heterocycles. The molecule has 0 aliphatic rings. The number of aryl methyl sites for hydroxylation is 1. The van der Waals surface area contributed by atoms with E-state index in [2.05, 4.69) is 15.6 Å². The summed E-state index contributed by atoms with van der Waals surface area (Å²) in [7, 11) is 0. The van der Waals surface area contributed by atoms with Crippen LogP contribution in [-0.2, 0) is 0 Å². The molecule has 1 unspecified atom stereocenters. The molecular formula is C18H18ClN3O2. The molecule has 2 aromatic carbocycles. The SMILES string of the molecule is Cc1cc2cc(NC(=O)NCC(O)c3ccc(Cl)cc3)ccc2[nH]1. The van der Waals surface area contributed by atoms with E-state index in [0.717, 1.165) is 16.6 Å². The molecule has 0 saturated carbocycles. The van der Waals surface area contributed by atoms with Crippen molar-refractivity contribution in [3.8, 4) is 0 Å². The number of aliphatic hydroxyl groups excluding tert-OH is 1. The average Bonchev–Trinajstić information content (AvgIpc) is 2.92. The molecular weight excluding hydrogens is 326 g/mol. The molecule has 1 atom stereocenters. The number of carbonyl (C=O) groups excluding carboxylic acids is 1. The molecule has 124 valence electrons. The van der Waals surface area contributed by atoms with E-state index < -0.39 is 6.10 Å². The number of anilines is 1. The summed E-state index contributed by atoms with van der Waals surface area (Å²) in [5, 5.41) is 17.1. The van der Waals surface area contributed by atoms with Gasteiger partial charge in [0.15, 0.2) is 0 Å². The number of hydrogen-bond acceptors (Lipinski definition) is 2. The standard InChI is InChI=1S/C18H18ClN3O2/c1-11-8-13-9-15(6-7-16(13)21-11)22-18(24)20-10-17(23)12-2-4-14(19)5-3-12/h2-9,17,21,23H,10H2,1H3,(H2,20,22,24). The van der Waals surface area contributed by atoms with Gasteiger partial charge in [-0.05, 0) is 48.9 Å². The van der Waals surface area contributed by atoms with Crippen LogP contribution in [0.15, 0.2) is 48.5 Å². The third-order valence-electron chi connectivity index (χ3n) is 3.72. The van der Waals surface area contributed by atoms with Crippen molar-refractivity contribution in [3.63, 3.8) is 0 Å². The number of rotatable bonds is 4. The molecule has 3 rings (SSSR count). The normalized spacial score (nSPS) is 12.1. The van der Waals surface area contributed by atoms with Crippen LogP contribution < -0.4 is 10.6 Å². The third-order valence-corrected chi connectivity index (χ3v) is 3.98. The molecule has 0 fully saturated rings. The highest BCUT2D eigenvalue weighted by molar-refractivity contribution is 6.30. The van der Waals surface area contributed by atoms with Crippen molar-refractivity contribution in [2.75, 3.05) is 11.9 Å². The molecule has 0 radical (unpaired) electrons. The van der Waals surface area contributed by atoms with Gasteiger partial charge in [-0.3, -0.25) is 0 Å². The maximum Gasteiger partial charge on any atom is 0.319 e. The number of nitrogens with one attached hydrogen (secondary N) is 3. The van der Waals surface area contributed by atoms with Crippen LogP contribution in [0, 0.1) is 6.92 Å². The molecule has 0 saturated heterocycles. The van der Waals surface area contributed by atoms with E-state index in [1.165, 1.54) is 0 Å². The highest BCUT2D eigenvalue weighted by Crippen LogP contribution is 2.20. The number of carbonyl (C=O) groups is 1. The number of aliphatic hydroxyl groups is 1. The Kier molecular flexibility index (Phi) is 4.74. The number of hydrogen-bond donors (Lipinski definition) is 4. The van der Waals surface area contributed by atoms with Crippen LogP contribution in [0.2, 0.25) is 5.02 Å². The number of H-pyrrole nitrogens is 1. The minimum Gasteiger partial charge on any atom is -0.387 e. The predicted molar refractivity (Wildman–Crippen MR) is 96.5 cm³/mol. The lowest BCUT2D eigenvalue weighted by molar-refractivity contribution is 0.175. The van der Waals surface area contributed by atoms with E-state index in [9.17, 15) is 9.90 Å². The van der Waals surface area contributed by atoms with Crippen LogP contribution in [-0.4, -0.2) is 22.7 Å². The Morgan fingerprint density at radius 2 is 1.96 bits per heavy atom. The number of amides is 2. The van der Waals surface area contributed by atoms with Crippen molar-refractivity contribution in [2.24, 2.45) is 0 Å². The maximum atomic E-state index is 12.0. The summed E-state index contributed by atoms with van der Waals surface area (Å²) in [5.41, 5.74) is 3.48. The first kappa shape index (κ1) is 16.4. The van der Waals surface area contributed by atoms with E-state index in [4.69, 9.17) is 11.6 Å². The molecule has 4 N–H and O–H groups in total. The molecule has 0 spiro atoms. The Morgan fingerprint density at radius 1 is 1.21 bits per heavy atom. The first-order valence-electron chi connectivity index (χ1n) is 7.59. The number of halogens is 1. The van der Waals surface area contributed by atoms with Gasteiger partial charge in [0.2, 0.25) is 0 Å². The molecule has 0 bridgehead atoms. The summed E-state index contributed by atoms with van der Waals surface area (Å²) in [5.74, 6) is 0. The van der Waals surface area contributed by atoms with Crippen LogP contribution in [0.3, 0.4) is 0 Å². The first-order chi connectivity index (χ1) is 11.5. The van der Waals surface area contributed by atoms with Gasteiger partial charge in [0.25, 0.3) is 0 Å². The van der Waals surface area contributed by atoms with Gasteiger partial charge in [-0.15, -0.1) is 0 Å². The van der Waals surface area contributed by atoms with Crippen molar-refractivity contribution in [3.05, 3.63) is 64.8 Å². The average molecular weight is 344 g/mol. The van der Waals surface area contributed by atoms with Gasteiger partial charge in [-0.1, -0.05) is 23.7 Å². The lowest BCUT2D eigenvalue weighted by Crippen LogP contribution is -2.32. The van der Waals surface area contributed by atoms with Crippen molar-refractivity contribution in [1.82, 2.24) is 10.3 Å². The van der Waals surface area contributed by atoms with Gasteiger partial charge < -0.3 is 20.7 Å². The summed E-state index contributed by atoms with van der Waals surface area (Å²) in [6.45, 7) is 2.09. The van der Waals surface area contributed by atoms with E-state index in [0.29, 0.717) is 16.3 Å². The van der Waals surface area contributed by atoms with E-state index in [1.807, 2.05) is 31.2 Å². The third kappa shape index (κ3) is 3.88. The quantitative estimate of drug-likeness (QED) is 0.578. The Hall–Kier alpha value is -2.50. The molecule has 0 aliphatic heterocycles. The fraction of sp³-hybridized carbons (Fsp3) is 0.167. The highest BCUT2D eigenvalue weighted by Gasteiger charge is 2.10. The van der Waals surface area contributed by atoms with E-state index in [-0.39, 0.29) is 12.6 Å². The summed E-state index contributed by atoms with van der Waals surface area (Å²) >= 11 is 5.81. The largest absolute Gasteiger partial charge is 0.387 e. The van der Waals surface area contributed by atoms with Crippen LogP contribution in [0.4, 0.5) is 10.5 Å². The zero-order valence-electron chi connectivity index (χ0n) is 13.1. The van der Waals surface area contributed by atoms with Gasteiger partial charge in [-0.2, -0.15) is 0 Å². The first-order valence-corrected chi connectivity index (χ1v) is 7.97. The second-order valence-electron chi connectivity index (χ2n) is 5.66. The minimum atomic E-state index is -0.789. The number of fused-ring (bicyclic) bond motifs is 1. The van der Waals surface area contributed by atoms with Gasteiger partial charge >= 0.3 is 6.03 Å². The monoisotopic (exact) mass is 343 g/mol. The Morgan fingerprint density at radius 3 is 2.71 bits per heavy atom. The zero-order chi connectivity index (χ0) is 17.1. The molecule has 6 heteroatoms. The maximum absolute atomic E-state index is 12.0. The van der Waals surface area contributed by atoms with Crippen LogP contribution in [0.5, 0.6) is 0 Å². The van der Waals surface area contributed by atoms with E-state index >= 15 is 0 Å². The summed E-state index contributed by atoms with van der Waals surface area (Å²) in [4.78, 5) is 15.2. The molecule has 1 aromatic heterocycles. The van der Waals surface area contributed by atoms with Crippen LogP contribution in [0.1, 0.15) is 17.4 Å². The number of benzene rings is 2. The second kappa shape index (κ2) is 6.95.